The summed E-state index contributed by atoms with van der Waals surface area (Å²) in [5.74, 6) is -10.7. The lowest BCUT2D eigenvalue weighted by atomic mass is 10.3. The normalized spacial score (nSPS) is 12.2. The maximum atomic E-state index is 13.2. The number of aromatic hydroxyl groups is 1. The third-order valence-electron chi connectivity index (χ3n) is 1.94. The highest BCUT2D eigenvalue weighted by Gasteiger charge is 2.34. The highest BCUT2D eigenvalue weighted by atomic mass is 32.2. The molecule has 0 radical (unpaired) electrons. The number of hydrogen-bond donors (Lipinski definition) is 1. The predicted molar refractivity (Wildman–Crippen MR) is 48.8 cm³/mol. The average molecular weight is 273 g/mol. The molecule has 0 spiro atoms. The number of phenolic OH excluding ortho intramolecular Hbond substituents is 1. The van der Waals surface area contributed by atoms with Gasteiger partial charge in [0, 0.05) is 14.1 Å². The third-order valence-corrected chi connectivity index (χ3v) is 3.79. The molecule has 0 bridgehead atoms. The Labute approximate surface area is 94.1 Å². The fourth-order valence-electron chi connectivity index (χ4n) is 1.02. The summed E-state index contributed by atoms with van der Waals surface area (Å²) in [7, 11) is -2.73. The van der Waals surface area contributed by atoms with Crippen molar-refractivity contribution in [1.82, 2.24) is 4.31 Å². The van der Waals surface area contributed by atoms with Crippen molar-refractivity contribution in [1.29, 1.82) is 0 Å². The Kier molecular flexibility index (Phi) is 3.35. The molecule has 1 N–H and O–H groups in total. The molecule has 1 rings (SSSR count). The van der Waals surface area contributed by atoms with Crippen LogP contribution in [0.25, 0.3) is 0 Å². The summed E-state index contributed by atoms with van der Waals surface area (Å²) in [4.78, 5) is -1.64. The number of rotatable bonds is 2. The molecule has 0 aromatic heterocycles. The van der Waals surface area contributed by atoms with E-state index in [0.29, 0.717) is 4.31 Å². The maximum absolute atomic E-state index is 13.2. The van der Waals surface area contributed by atoms with Gasteiger partial charge < -0.3 is 5.11 Å². The summed E-state index contributed by atoms with van der Waals surface area (Å²) in [6, 6.07) is 0. The van der Waals surface area contributed by atoms with Gasteiger partial charge in [-0.25, -0.2) is 25.9 Å². The molecule has 0 unspecified atom stereocenters. The number of hydrogen-bond acceptors (Lipinski definition) is 3. The van der Waals surface area contributed by atoms with Crippen molar-refractivity contribution in [2.45, 2.75) is 4.90 Å². The molecule has 0 aliphatic carbocycles. The molecule has 0 heterocycles. The second-order valence-electron chi connectivity index (χ2n) is 3.22. The van der Waals surface area contributed by atoms with Crippen LogP contribution in [0, 0.1) is 23.3 Å². The van der Waals surface area contributed by atoms with E-state index in [4.69, 9.17) is 5.11 Å². The van der Waals surface area contributed by atoms with Gasteiger partial charge in [0.15, 0.2) is 22.3 Å². The smallest absolute Gasteiger partial charge is 0.249 e. The maximum Gasteiger partial charge on any atom is 0.249 e. The van der Waals surface area contributed by atoms with E-state index in [9.17, 15) is 26.0 Å². The van der Waals surface area contributed by atoms with Gasteiger partial charge in [-0.1, -0.05) is 0 Å². The zero-order chi connectivity index (χ0) is 13.5. The molecule has 1 aromatic carbocycles. The van der Waals surface area contributed by atoms with E-state index in [1.54, 1.807) is 0 Å². The topological polar surface area (TPSA) is 57.6 Å². The summed E-state index contributed by atoms with van der Waals surface area (Å²) in [6.45, 7) is 0. The number of phenols is 1. The largest absolute Gasteiger partial charge is 0.504 e. The van der Waals surface area contributed by atoms with Gasteiger partial charge in [0.05, 0.1) is 0 Å². The van der Waals surface area contributed by atoms with Gasteiger partial charge in [-0.05, 0) is 0 Å². The van der Waals surface area contributed by atoms with Crippen molar-refractivity contribution in [2.75, 3.05) is 14.1 Å². The number of sulfonamides is 1. The van der Waals surface area contributed by atoms with Gasteiger partial charge in [-0.3, -0.25) is 0 Å². The van der Waals surface area contributed by atoms with E-state index in [1.165, 1.54) is 0 Å². The molecule has 0 atom stereocenters. The van der Waals surface area contributed by atoms with Crippen molar-refractivity contribution in [3.05, 3.63) is 23.3 Å². The van der Waals surface area contributed by atoms with E-state index < -0.39 is 43.9 Å². The molecule has 0 saturated carbocycles. The van der Waals surface area contributed by atoms with Crippen LogP contribution < -0.4 is 0 Å². The second kappa shape index (κ2) is 4.15. The Bertz CT molecular complexity index is 542. The first-order valence-corrected chi connectivity index (χ1v) is 5.53. The molecule has 96 valence electrons. The lowest BCUT2D eigenvalue weighted by Crippen LogP contribution is -2.24. The second-order valence-corrected chi connectivity index (χ2v) is 5.31. The van der Waals surface area contributed by atoms with Crippen molar-refractivity contribution in [2.24, 2.45) is 0 Å². The van der Waals surface area contributed by atoms with Crippen LogP contribution in [0.3, 0.4) is 0 Å². The first kappa shape index (κ1) is 13.7. The Morgan fingerprint density at radius 1 is 0.941 bits per heavy atom. The summed E-state index contributed by atoms with van der Waals surface area (Å²) in [6.07, 6.45) is 0. The summed E-state index contributed by atoms with van der Waals surface area (Å²) in [5.41, 5.74) is 0. The standard InChI is InChI=1S/C8H7F4NO3S/c1-13(2)17(15,16)8-6(12)4(10)3(9)5(11)7(8)14/h14H,1-2H3. The van der Waals surface area contributed by atoms with Crippen molar-refractivity contribution < 1.29 is 31.1 Å². The highest BCUT2D eigenvalue weighted by Crippen LogP contribution is 2.33. The van der Waals surface area contributed by atoms with Crippen LogP contribution in [0.15, 0.2) is 4.90 Å². The average Bonchev–Trinajstić information content (AvgIpc) is 2.23. The quantitative estimate of drug-likeness (QED) is 0.500. The van der Waals surface area contributed by atoms with E-state index in [0.717, 1.165) is 14.1 Å². The van der Waals surface area contributed by atoms with Gasteiger partial charge in [0.2, 0.25) is 21.7 Å². The molecule has 9 heteroatoms. The first-order chi connectivity index (χ1) is 7.62. The van der Waals surface area contributed by atoms with Crippen LogP contribution in [0.1, 0.15) is 0 Å². The van der Waals surface area contributed by atoms with Crippen LogP contribution in [0.4, 0.5) is 17.6 Å². The van der Waals surface area contributed by atoms with Gasteiger partial charge >= 0.3 is 0 Å². The zero-order valence-electron chi connectivity index (χ0n) is 8.63. The van der Waals surface area contributed by atoms with Crippen LogP contribution >= 0.6 is 0 Å². The fourth-order valence-corrected chi connectivity index (χ4v) is 2.03. The first-order valence-electron chi connectivity index (χ1n) is 4.09. The Morgan fingerprint density at radius 3 is 1.76 bits per heavy atom. The van der Waals surface area contributed by atoms with Crippen LogP contribution in [-0.2, 0) is 10.0 Å². The molecule has 17 heavy (non-hydrogen) atoms. The molecule has 0 aliphatic rings. The lowest BCUT2D eigenvalue weighted by molar-refractivity contribution is 0.343. The Balaban J connectivity index is 3.80. The lowest BCUT2D eigenvalue weighted by Gasteiger charge is -2.14. The minimum atomic E-state index is -4.64. The minimum Gasteiger partial charge on any atom is -0.504 e. The van der Waals surface area contributed by atoms with E-state index in [2.05, 4.69) is 0 Å². The van der Waals surface area contributed by atoms with Crippen LogP contribution in [0.2, 0.25) is 0 Å². The molecule has 0 saturated heterocycles. The molecule has 0 fully saturated rings. The van der Waals surface area contributed by atoms with E-state index in [-0.39, 0.29) is 0 Å². The fraction of sp³-hybridized carbons (Fsp3) is 0.250. The predicted octanol–water partition coefficient (Wildman–Crippen LogP) is 1.20. The van der Waals surface area contributed by atoms with Gasteiger partial charge in [0.1, 0.15) is 0 Å². The van der Waals surface area contributed by atoms with Gasteiger partial charge in [-0.15, -0.1) is 0 Å². The zero-order valence-corrected chi connectivity index (χ0v) is 9.45. The summed E-state index contributed by atoms with van der Waals surface area (Å²) in [5, 5.41) is 9.04. The van der Waals surface area contributed by atoms with Crippen molar-refractivity contribution in [3.8, 4) is 5.75 Å². The Morgan fingerprint density at radius 2 is 1.35 bits per heavy atom. The van der Waals surface area contributed by atoms with Crippen LogP contribution in [-0.4, -0.2) is 31.9 Å². The number of halogens is 4. The third kappa shape index (κ3) is 1.95. The molecule has 1 aromatic rings. The SMILES string of the molecule is CN(C)S(=O)(=O)c1c(O)c(F)c(F)c(F)c1F. The van der Waals surface area contributed by atoms with Gasteiger partial charge in [0.25, 0.3) is 0 Å². The molecule has 0 aliphatic heterocycles. The molecular weight excluding hydrogens is 266 g/mol. The van der Waals surface area contributed by atoms with Crippen molar-refractivity contribution >= 4 is 10.0 Å². The van der Waals surface area contributed by atoms with Gasteiger partial charge in [-0.2, -0.15) is 4.39 Å². The summed E-state index contributed by atoms with van der Waals surface area (Å²) >= 11 is 0. The molecule has 4 nitrogen and oxygen atoms in total. The number of nitrogens with zero attached hydrogens (tertiary/aromatic N) is 1. The van der Waals surface area contributed by atoms with Crippen molar-refractivity contribution in [3.63, 3.8) is 0 Å². The minimum absolute atomic E-state index is 0.419. The number of benzene rings is 1. The summed E-state index contributed by atoms with van der Waals surface area (Å²) < 4.78 is 75.0. The molecular formula is C8H7F4NO3S. The highest BCUT2D eigenvalue weighted by molar-refractivity contribution is 7.89. The molecule has 0 amide bonds. The Hall–Kier alpha value is -1.35. The monoisotopic (exact) mass is 273 g/mol. The van der Waals surface area contributed by atoms with E-state index in [1.807, 2.05) is 0 Å². The van der Waals surface area contributed by atoms with E-state index >= 15 is 0 Å². The van der Waals surface area contributed by atoms with Crippen LogP contribution in [0.5, 0.6) is 5.75 Å².